The number of hydrogen-bond donors (Lipinski definition) is 1. The van der Waals surface area contributed by atoms with E-state index in [1.165, 1.54) is 7.11 Å². The van der Waals surface area contributed by atoms with Gasteiger partial charge in [-0.15, -0.1) is 0 Å². The first-order valence-corrected chi connectivity index (χ1v) is 6.02. The van der Waals surface area contributed by atoms with E-state index >= 15 is 0 Å². The smallest absolute Gasteiger partial charge is 0.340 e. The zero-order valence-electron chi connectivity index (χ0n) is 10.8. The van der Waals surface area contributed by atoms with Gasteiger partial charge in [-0.25, -0.2) is 4.79 Å². The number of benzene rings is 1. The second-order valence-corrected chi connectivity index (χ2v) is 4.45. The Labute approximate surface area is 110 Å². The molecule has 2 heterocycles. The van der Waals surface area contributed by atoms with Crippen molar-refractivity contribution in [1.82, 2.24) is 9.55 Å². The Kier molecular flexibility index (Phi) is 2.63. The number of nitrogens with one attached hydrogen (secondary N) is 1. The van der Waals surface area contributed by atoms with Gasteiger partial charge in [-0.05, 0) is 6.07 Å². The number of H-pyrrole nitrogens is 1. The molecular formula is C15H14N2O2. The van der Waals surface area contributed by atoms with Gasteiger partial charge in [0.15, 0.2) is 0 Å². The van der Waals surface area contributed by atoms with Crippen LogP contribution in [-0.4, -0.2) is 22.6 Å². The van der Waals surface area contributed by atoms with Gasteiger partial charge in [0.2, 0.25) is 0 Å². The molecule has 4 nitrogen and oxygen atoms in total. The number of carbonyl (C=O) groups excluding carboxylic acids is 1. The molecule has 19 heavy (non-hydrogen) atoms. The standard InChI is InChI=1S/C15H14N2O2/c1-17-9-13(10-5-3-4-6-14(10)17)11-7-16-8-12(11)15(18)19-2/h3-9,16H,1-2H3. The predicted octanol–water partition coefficient (Wildman–Crippen LogP) is 2.96. The SMILES string of the molecule is COC(=O)c1c[nH]cc1-c1cn(C)c2ccccc12. The van der Waals surface area contributed by atoms with Gasteiger partial charge in [-0.3, -0.25) is 0 Å². The van der Waals surface area contributed by atoms with E-state index in [0.29, 0.717) is 5.56 Å². The monoisotopic (exact) mass is 254 g/mol. The molecular weight excluding hydrogens is 240 g/mol. The van der Waals surface area contributed by atoms with Gasteiger partial charge in [-0.1, -0.05) is 18.2 Å². The van der Waals surface area contributed by atoms with Gasteiger partial charge in [0.05, 0.1) is 12.7 Å². The lowest BCUT2D eigenvalue weighted by atomic mass is 10.0. The lowest BCUT2D eigenvalue weighted by Gasteiger charge is -2.00. The lowest BCUT2D eigenvalue weighted by molar-refractivity contribution is 0.0602. The maximum Gasteiger partial charge on any atom is 0.340 e. The average Bonchev–Trinajstić information content (AvgIpc) is 3.03. The first kappa shape index (κ1) is 11.6. The van der Waals surface area contributed by atoms with E-state index in [-0.39, 0.29) is 5.97 Å². The fraction of sp³-hybridized carbons (Fsp3) is 0.133. The van der Waals surface area contributed by atoms with Crippen molar-refractivity contribution in [3.8, 4) is 11.1 Å². The number of esters is 1. The zero-order chi connectivity index (χ0) is 13.4. The minimum atomic E-state index is -0.329. The van der Waals surface area contributed by atoms with Crippen LogP contribution in [0.3, 0.4) is 0 Å². The Bertz CT molecular complexity index is 752. The van der Waals surface area contributed by atoms with Crippen molar-refractivity contribution in [3.63, 3.8) is 0 Å². The molecule has 0 aliphatic carbocycles. The molecule has 0 unspecified atom stereocenters. The molecule has 0 spiro atoms. The molecule has 96 valence electrons. The average molecular weight is 254 g/mol. The highest BCUT2D eigenvalue weighted by Crippen LogP contribution is 2.32. The summed E-state index contributed by atoms with van der Waals surface area (Å²) in [5, 5.41) is 1.12. The fourth-order valence-corrected chi connectivity index (χ4v) is 2.42. The normalized spacial score (nSPS) is 10.8. The highest BCUT2D eigenvalue weighted by molar-refractivity contribution is 6.03. The van der Waals surface area contributed by atoms with Crippen molar-refractivity contribution in [2.24, 2.45) is 7.05 Å². The molecule has 3 rings (SSSR count). The summed E-state index contributed by atoms with van der Waals surface area (Å²) in [7, 11) is 3.39. The number of hydrogen-bond acceptors (Lipinski definition) is 2. The van der Waals surface area contributed by atoms with E-state index in [1.54, 1.807) is 6.20 Å². The Hall–Kier alpha value is -2.49. The van der Waals surface area contributed by atoms with E-state index in [9.17, 15) is 4.79 Å². The number of nitrogens with zero attached hydrogens (tertiary/aromatic N) is 1. The highest BCUT2D eigenvalue weighted by Gasteiger charge is 2.17. The van der Waals surface area contributed by atoms with Gasteiger partial charge >= 0.3 is 5.97 Å². The number of rotatable bonds is 2. The quantitative estimate of drug-likeness (QED) is 0.715. The van der Waals surface area contributed by atoms with Gasteiger partial charge < -0.3 is 14.3 Å². The van der Waals surface area contributed by atoms with E-state index in [0.717, 1.165) is 22.0 Å². The summed E-state index contributed by atoms with van der Waals surface area (Å²) >= 11 is 0. The first-order valence-electron chi connectivity index (χ1n) is 6.02. The summed E-state index contributed by atoms with van der Waals surface area (Å²) < 4.78 is 6.86. The third-order valence-corrected chi connectivity index (χ3v) is 3.34. The maximum absolute atomic E-state index is 11.8. The summed E-state index contributed by atoms with van der Waals surface area (Å²) in [6.07, 6.45) is 5.53. The third-order valence-electron chi connectivity index (χ3n) is 3.34. The second kappa shape index (κ2) is 4.31. The number of ether oxygens (including phenoxy) is 1. The van der Waals surface area contributed by atoms with E-state index in [1.807, 2.05) is 31.6 Å². The van der Waals surface area contributed by atoms with Crippen LogP contribution in [0.15, 0.2) is 42.9 Å². The Morgan fingerprint density at radius 1 is 1.21 bits per heavy atom. The topological polar surface area (TPSA) is 47.0 Å². The third kappa shape index (κ3) is 1.73. The van der Waals surface area contributed by atoms with Crippen molar-refractivity contribution in [2.45, 2.75) is 0 Å². The summed E-state index contributed by atoms with van der Waals surface area (Å²) in [4.78, 5) is 14.7. The van der Waals surface area contributed by atoms with Crippen LogP contribution >= 0.6 is 0 Å². The van der Waals surface area contributed by atoms with Crippen LogP contribution in [-0.2, 0) is 11.8 Å². The largest absolute Gasteiger partial charge is 0.465 e. The van der Waals surface area contributed by atoms with Crippen molar-refractivity contribution in [1.29, 1.82) is 0 Å². The van der Waals surface area contributed by atoms with Crippen LogP contribution in [0.5, 0.6) is 0 Å². The molecule has 0 fully saturated rings. The predicted molar refractivity (Wildman–Crippen MR) is 74.0 cm³/mol. The molecule has 0 amide bonds. The number of aryl methyl sites for hydroxylation is 1. The molecule has 0 saturated heterocycles. The van der Waals surface area contributed by atoms with Crippen LogP contribution in [0, 0.1) is 0 Å². The lowest BCUT2D eigenvalue weighted by Crippen LogP contribution is -2.00. The summed E-state index contributed by atoms with van der Waals surface area (Å²) in [6.45, 7) is 0. The molecule has 1 aromatic carbocycles. The minimum absolute atomic E-state index is 0.329. The number of aromatic nitrogens is 2. The molecule has 0 saturated carbocycles. The Balaban J connectivity index is 2.26. The molecule has 3 aromatic rings. The summed E-state index contributed by atoms with van der Waals surface area (Å²) in [5.41, 5.74) is 3.58. The van der Waals surface area contributed by atoms with Crippen molar-refractivity contribution in [3.05, 3.63) is 48.4 Å². The minimum Gasteiger partial charge on any atom is -0.465 e. The van der Waals surface area contributed by atoms with Gasteiger partial charge in [0, 0.05) is 47.7 Å². The van der Waals surface area contributed by atoms with E-state index < -0.39 is 0 Å². The molecule has 0 aliphatic rings. The maximum atomic E-state index is 11.8. The van der Waals surface area contributed by atoms with Crippen LogP contribution in [0.4, 0.5) is 0 Å². The molecule has 0 radical (unpaired) electrons. The van der Waals surface area contributed by atoms with Crippen LogP contribution in [0.2, 0.25) is 0 Å². The van der Waals surface area contributed by atoms with Crippen LogP contribution < -0.4 is 0 Å². The number of fused-ring (bicyclic) bond motifs is 1. The van der Waals surface area contributed by atoms with Gasteiger partial charge in [-0.2, -0.15) is 0 Å². The van der Waals surface area contributed by atoms with E-state index in [2.05, 4.69) is 21.7 Å². The molecule has 0 aliphatic heterocycles. The van der Waals surface area contributed by atoms with Crippen molar-refractivity contribution >= 4 is 16.9 Å². The van der Waals surface area contributed by atoms with Crippen molar-refractivity contribution < 1.29 is 9.53 Å². The summed E-state index contributed by atoms with van der Waals surface area (Å²) in [5.74, 6) is -0.329. The van der Waals surface area contributed by atoms with Crippen molar-refractivity contribution in [2.75, 3.05) is 7.11 Å². The van der Waals surface area contributed by atoms with E-state index in [4.69, 9.17) is 4.74 Å². The molecule has 2 aromatic heterocycles. The molecule has 1 N–H and O–H groups in total. The zero-order valence-corrected chi connectivity index (χ0v) is 10.8. The van der Waals surface area contributed by atoms with Crippen LogP contribution in [0.25, 0.3) is 22.0 Å². The van der Waals surface area contributed by atoms with Gasteiger partial charge in [0.1, 0.15) is 0 Å². The number of aromatic amines is 1. The fourth-order valence-electron chi connectivity index (χ4n) is 2.42. The van der Waals surface area contributed by atoms with Crippen LogP contribution in [0.1, 0.15) is 10.4 Å². The number of para-hydroxylation sites is 1. The number of carbonyl (C=O) groups is 1. The molecule has 0 atom stereocenters. The molecule has 4 heteroatoms. The first-order chi connectivity index (χ1) is 9.22. The summed E-state index contributed by atoms with van der Waals surface area (Å²) in [6, 6.07) is 8.11. The number of methoxy groups -OCH3 is 1. The molecule has 0 bridgehead atoms. The Morgan fingerprint density at radius 2 is 2.00 bits per heavy atom. The van der Waals surface area contributed by atoms with Gasteiger partial charge in [0.25, 0.3) is 0 Å². The Morgan fingerprint density at radius 3 is 2.79 bits per heavy atom. The highest BCUT2D eigenvalue weighted by atomic mass is 16.5. The second-order valence-electron chi connectivity index (χ2n) is 4.45.